The van der Waals surface area contributed by atoms with Crippen molar-refractivity contribution in [3.8, 4) is 0 Å². The molecular formula is C15H29Cl2N5O. The normalized spacial score (nSPS) is 20.3. The highest BCUT2D eigenvalue weighted by molar-refractivity contribution is 5.85. The number of carbonyl (C=O) groups is 1. The zero-order valence-corrected chi connectivity index (χ0v) is 15.9. The summed E-state index contributed by atoms with van der Waals surface area (Å²) in [5.74, 6) is 0.367. The molecule has 0 saturated carbocycles. The Morgan fingerprint density at radius 1 is 1.48 bits per heavy atom. The summed E-state index contributed by atoms with van der Waals surface area (Å²) >= 11 is 0. The third-order valence-corrected chi connectivity index (χ3v) is 4.35. The largest absolute Gasteiger partial charge is 0.355 e. The van der Waals surface area contributed by atoms with Gasteiger partial charge >= 0.3 is 0 Å². The zero-order chi connectivity index (χ0) is 15.4. The molecule has 2 heterocycles. The van der Waals surface area contributed by atoms with Gasteiger partial charge in [0.25, 0.3) is 0 Å². The predicted molar refractivity (Wildman–Crippen MR) is 97.6 cm³/mol. The molecule has 0 aliphatic carbocycles. The lowest BCUT2D eigenvalue weighted by atomic mass is 9.90. The molecule has 1 amide bonds. The molecule has 1 aromatic heterocycles. The summed E-state index contributed by atoms with van der Waals surface area (Å²) in [4.78, 5) is 14.6. The fourth-order valence-electron chi connectivity index (χ4n) is 2.68. The Morgan fingerprint density at radius 2 is 2.17 bits per heavy atom. The van der Waals surface area contributed by atoms with Crippen LogP contribution in [0.4, 0.5) is 0 Å². The molecule has 1 fully saturated rings. The van der Waals surface area contributed by atoms with Gasteiger partial charge in [0, 0.05) is 51.4 Å². The molecular weight excluding hydrogens is 337 g/mol. The van der Waals surface area contributed by atoms with Crippen molar-refractivity contribution in [1.82, 2.24) is 25.3 Å². The maximum absolute atomic E-state index is 12.4. The molecule has 0 unspecified atom stereocenters. The maximum atomic E-state index is 12.4. The Kier molecular flexibility index (Phi) is 9.77. The molecule has 0 spiro atoms. The lowest BCUT2D eigenvalue weighted by Gasteiger charge is -2.22. The molecule has 1 saturated heterocycles. The molecule has 2 rings (SSSR count). The van der Waals surface area contributed by atoms with Gasteiger partial charge in [-0.05, 0) is 26.5 Å². The first-order valence-corrected chi connectivity index (χ1v) is 7.66. The van der Waals surface area contributed by atoms with E-state index < -0.39 is 0 Å². The van der Waals surface area contributed by atoms with E-state index in [1.54, 1.807) is 4.68 Å². The average Bonchev–Trinajstić information content (AvgIpc) is 3.06. The Hall–Kier alpha value is -0.820. The molecule has 1 aliphatic heterocycles. The lowest BCUT2D eigenvalue weighted by Crippen LogP contribution is -2.40. The maximum Gasteiger partial charge on any atom is 0.225 e. The number of aryl methyl sites for hydroxylation is 1. The molecule has 23 heavy (non-hydrogen) atoms. The summed E-state index contributed by atoms with van der Waals surface area (Å²) in [5.41, 5.74) is 1.14. The van der Waals surface area contributed by atoms with Crippen molar-refractivity contribution in [2.45, 2.75) is 25.8 Å². The van der Waals surface area contributed by atoms with Crippen LogP contribution in [0, 0.1) is 5.92 Å². The highest BCUT2D eigenvalue weighted by Gasteiger charge is 2.34. The van der Waals surface area contributed by atoms with Crippen molar-refractivity contribution in [3.05, 3.63) is 18.0 Å². The first-order valence-electron chi connectivity index (χ1n) is 7.66. The first-order chi connectivity index (χ1) is 9.99. The summed E-state index contributed by atoms with van der Waals surface area (Å²) in [7, 11) is 3.98. The number of rotatable bonds is 6. The first kappa shape index (κ1) is 22.2. The highest BCUT2D eigenvalue weighted by atomic mass is 35.5. The molecule has 0 bridgehead atoms. The van der Waals surface area contributed by atoms with Gasteiger partial charge in [0.05, 0.1) is 12.1 Å². The Bertz CT molecular complexity index is 480. The van der Waals surface area contributed by atoms with Crippen LogP contribution in [0.3, 0.4) is 0 Å². The molecule has 8 heteroatoms. The predicted octanol–water partition coefficient (Wildman–Crippen LogP) is 1.02. The molecule has 0 radical (unpaired) electrons. The summed E-state index contributed by atoms with van der Waals surface area (Å²) in [6.07, 6.45) is 3.87. The van der Waals surface area contributed by atoms with Gasteiger partial charge in [-0.25, -0.2) is 0 Å². The summed E-state index contributed by atoms with van der Waals surface area (Å²) in [5, 5.41) is 10.6. The van der Waals surface area contributed by atoms with Gasteiger partial charge in [0.1, 0.15) is 0 Å². The smallest absolute Gasteiger partial charge is 0.225 e. The van der Waals surface area contributed by atoms with E-state index in [4.69, 9.17) is 0 Å². The van der Waals surface area contributed by atoms with Crippen LogP contribution in [0.1, 0.15) is 25.3 Å². The lowest BCUT2D eigenvalue weighted by molar-refractivity contribution is -0.124. The van der Waals surface area contributed by atoms with Crippen LogP contribution in [-0.2, 0) is 11.8 Å². The third kappa shape index (κ3) is 5.95. The number of amides is 1. The quantitative estimate of drug-likeness (QED) is 0.789. The monoisotopic (exact) mass is 365 g/mol. The summed E-state index contributed by atoms with van der Waals surface area (Å²) < 4.78 is 1.79. The molecule has 0 aromatic carbocycles. The van der Waals surface area contributed by atoms with Crippen molar-refractivity contribution >= 4 is 30.7 Å². The number of nitrogens with one attached hydrogen (secondary N) is 2. The number of hydrogen-bond acceptors (Lipinski definition) is 4. The number of nitrogens with zero attached hydrogens (tertiary/aromatic N) is 3. The van der Waals surface area contributed by atoms with Gasteiger partial charge in [-0.2, -0.15) is 5.10 Å². The van der Waals surface area contributed by atoms with Crippen molar-refractivity contribution in [3.63, 3.8) is 0 Å². The minimum Gasteiger partial charge on any atom is -0.355 e. The van der Waals surface area contributed by atoms with Crippen molar-refractivity contribution in [2.24, 2.45) is 13.0 Å². The van der Waals surface area contributed by atoms with Crippen LogP contribution in [0.15, 0.2) is 12.4 Å². The molecule has 134 valence electrons. The van der Waals surface area contributed by atoms with E-state index in [2.05, 4.69) is 41.5 Å². The molecule has 1 aliphatic rings. The molecule has 6 nitrogen and oxygen atoms in total. The second kappa shape index (κ2) is 10.1. The number of halogens is 2. The molecule has 2 N–H and O–H groups in total. The minimum atomic E-state index is -0.00134. The Labute approximate surface area is 151 Å². The van der Waals surface area contributed by atoms with Crippen LogP contribution >= 0.6 is 24.8 Å². The zero-order valence-electron chi connectivity index (χ0n) is 14.3. The second-order valence-corrected chi connectivity index (χ2v) is 6.18. The Morgan fingerprint density at radius 3 is 2.74 bits per heavy atom. The highest BCUT2D eigenvalue weighted by Crippen LogP contribution is 2.27. The van der Waals surface area contributed by atoms with E-state index in [1.165, 1.54) is 0 Å². The van der Waals surface area contributed by atoms with Crippen LogP contribution in [0.5, 0.6) is 0 Å². The van der Waals surface area contributed by atoms with E-state index in [-0.39, 0.29) is 42.6 Å². The molecule has 1 aromatic rings. The second-order valence-electron chi connectivity index (χ2n) is 6.18. The van der Waals surface area contributed by atoms with E-state index in [1.807, 2.05) is 19.4 Å². The van der Waals surface area contributed by atoms with Crippen molar-refractivity contribution in [1.29, 1.82) is 0 Å². The van der Waals surface area contributed by atoms with E-state index in [0.717, 1.165) is 25.2 Å². The van der Waals surface area contributed by atoms with Crippen molar-refractivity contribution in [2.75, 3.05) is 33.2 Å². The van der Waals surface area contributed by atoms with Gasteiger partial charge in [-0.3, -0.25) is 9.48 Å². The number of carbonyl (C=O) groups excluding carboxylic acids is 1. The third-order valence-electron chi connectivity index (χ3n) is 4.35. The van der Waals surface area contributed by atoms with E-state index in [0.29, 0.717) is 12.6 Å². The minimum absolute atomic E-state index is 0. The van der Waals surface area contributed by atoms with Crippen LogP contribution in [0.25, 0.3) is 0 Å². The van der Waals surface area contributed by atoms with Gasteiger partial charge in [0.15, 0.2) is 0 Å². The average molecular weight is 366 g/mol. The topological polar surface area (TPSA) is 62.2 Å². The van der Waals surface area contributed by atoms with Crippen LogP contribution < -0.4 is 10.6 Å². The van der Waals surface area contributed by atoms with Gasteiger partial charge in [-0.1, -0.05) is 0 Å². The van der Waals surface area contributed by atoms with E-state index >= 15 is 0 Å². The summed E-state index contributed by atoms with van der Waals surface area (Å²) in [6.45, 7) is 7.47. The molecule has 2 atom stereocenters. The van der Waals surface area contributed by atoms with Crippen molar-refractivity contribution < 1.29 is 4.79 Å². The van der Waals surface area contributed by atoms with Crippen LogP contribution in [-0.4, -0.2) is 59.9 Å². The number of aromatic nitrogens is 2. The standard InChI is InChI=1S/C15H27N5O.2ClH/c1-11(2)19(3)6-5-17-15(21)14-9-16-8-13(14)12-7-18-20(4)10-12;;/h7,10-11,13-14,16H,5-6,8-9H2,1-4H3,(H,17,21);2*1H/t13-,14+;;/m1../s1. The van der Waals surface area contributed by atoms with Gasteiger partial charge < -0.3 is 15.5 Å². The van der Waals surface area contributed by atoms with Gasteiger partial charge in [0.2, 0.25) is 5.91 Å². The van der Waals surface area contributed by atoms with Gasteiger partial charge in [-0.15, -0.1) is 24.8 Å². The van der Waals surface area contributed by atoms with E-state index in [9.17, 15) is 4.79 Å². The fourth-order valence-corrected chi connectivity index (χ4v) is 2.68. The summed E-state index contributed by atoms with van der Waals surface area (Å²) in [6, 6.07) is 0.498. The number of likely N-dealkylation sites (N-methyl/N-ethyl adjacent to an activating group) is 1. The number of hydrogen-bond donors (Lipinski definition) is 2. The SMILES string of the molecule is CC(C)N(C)CCNC(=O)[C@H]1CNC[C@@H]1c1cnn(C)c1.Cl.Cl. The Balaban J connectivity index is 0.00000242. The van der Waals surface area contributed by atoms with Crippen LogP contribution in [0.2, 0.25) is 0 Å². The fraction of sp³-hybridized carbons (Fsp3) is 0.733.